The van der Waals surface area contributed by atoms with E-state index in [1.807, 2.05) is 38.7 Å². The van der Waals surface area contributed by atoms with Crippen molar-refractivity contribution < 1.29 is 28.7 Å². The predicted molar refractivity (Wildman–Crippen MR) is 224 cm³/mol. The minimum absolute atomic E-state index is 0.116. The van der Waals surface area contributed by atoms with Crippen LogP contribution in [0.1, 0.15) is 88.7 Å². The normalized spacial score (nSPS) is 20.4. The number of carbonyl (C=O) groups excluding carboxylic acids is 4. The second-order valence-corrected chi connectivity index (χ2v) is 18.3. The molecule has 0 bridgehead atoms. The Labute approximate surface area is 345 Å². The van der Waals surface area contributed by atoms with Crippen LogP contribution in [-0.2, 0) is 19.1 Å². The van der Waals surface area contributed by atoms with Crippen molar-refractivity contribution in [1.29, 1.82) is 0 Å². The summed E-state index contributed by atoms with van der Waals surface area (Å²) in [6.07, 6.45) is 1.97. The minimum atomic E-state index is -0.706. The van der Waals surface area contributed by atoms with E-state index in [0.717, 1.165) is 54.4 Å². The average molecular weight is 827 g/mol. The third-order valence-electron chi connectivity index (χ3n) is 10.9. The van der Waals surface area contributed by atoms with E-state index in [1.54, 1.807) is 33.8 Å². The Bertz CT molecular complexity index is 2370. The van der Waals surface area contributed by atoms with E-state index >= 15 is 0 Å². The van der Waals surface area contributed by atoms with Crippen molar-refractivity contribution in [2.75, 3.05) is 27.3 Å². The lowest BCUT2D eigenvalue weighted by molar-refractivity contribution is -0.136. The van der Waals surface area contributed by atoms with E-state index < -0.39 is 24.3 Å². The number of aromatic amines is 2. The molecule has 2 aliphatic rings. The molecule has 14 nitrogen and oxygen atoms in total. The third-order valence-corrected chi connectivity index (χ3v) is 13.2. The molecule has 0 unspecified atom stereocenters. The van der Waals surface area contributed by atoms with Gasteiger partial charge in [-0.2, -0.15) is 0 Å². The van der Waals surface area contributed by atoms with Crippen LogP contribution in [-0.4, -0.2) is 93.1 Å². The molecule has 16 heteroatoms. The van der Waals surface area contributed by atoms with E-state index in [0.29, 0.717) is 24.6 Å². The predicted octanol–water partition coefficient (Wildman–Crippen LogP) is 7.21. The summed E-state index contributed by atoms with van der Waals surface area (Å²) >= 11 is 3.33. The number of nitrogens with zero attached hydrogens (tertiary/aromatic N) is 4. The number of imidazole rings is 2. The molecule has 7 rings (SSSR count). The summed E-state index contributed by atoms with van der Waals surface area (Å²) in [7, 11) is 2.58. The minimum Gasteiger partial charge on any atom is -0.453 e. The number of likely N-dealkylation sites (tertiary alicyclic amines) is 2. The molecule has 2 aliphatic heterocycles. The highest BCUT2D eigenvalue weighted by Gasteiger charge is 2.41. The van der Waals surface area contributed by atoms with Gasteiger partial charge in [0, 0.05) is 27.4 Å². The summed E-state index contributed by atoms with van der Waals surface area (Å²) < 4.78 is 11.8. The van der Waals surface area contributed by atoms with Crippen molar-refractivity contribution in [2.45, 2.75) is 78.6 Å². The largest absolute Gasteiger partial charge is 0.453 e. The van der Waals surface area contributed by atoms with Gasteiger partial charge in [0.15, 0.2) is 0 Å². The summed E-state index contributed by atoms with van der Waals surface area (Å²) in [5.74, 6) is 7.95. The van der Waals surface area contributed by atoms with E-state index in [2.05, 4.69) is 75.5 Å². The highest BCUT2D eigenvalue weighted by atomic mass is 32.1. The number of ether oxygens (including phenoxy) is 2. The van der Waals surface area contributed by atoms with Crippen molar-refractivity contribution >= 4 is 67.1 Å². The van der Waals surface area contributed by atoms with Gasteiger partial charge >= 0.3 is 12.2 Å². The first-order chi connectivity index (χ1) is 27.7. The Morgan fingerprint density at radius 2 is 1.38 bits per heavy atom. The molecule has 4 aromatic heterocycles. The fraction of sp³-hybridized carbons (Fsp3) is 0.476. The van der Waals surface area contributed by atoms with Crippen LogP contribution < -0.4 is 10.6 Å². The fourth-order valence-corrected chi connectivity index (χ4v) is 10.2. The summed E-state index contributed by atoms with van der Waals surface area (Å²) in [5, 5.41) is 5.42. The zero-order chi connectivity index (χ0) is 41.4. The topological polar surface area (TPSA) is 175 Å². The summed E-state index contributed by atoms with van der Waals surface area (Å²) in [5.41, 5.74) is 3.45. The number of fused-ring (bicyclic) bond motifs is 2. The number of carbonyl (C=O) groups is 4. The first kappa shape index (κ1) is 40.8. The van der Waals surface area contributed by atoms with Crippen LogP contribution in [0.4, 0.5) is 9.59 Å². The fourth-order valence-electron chi connectivity index (χ4n) is 7.93. The van der Waals surface area contributed by atoms with Crippen molar-refractivity contribution in [3.05, 3.63) is 58.7 Å². The number of thiophene rings is 2. The van der Waals surface area contributed by atoms with Gasteiger partial charge < -0.3 is 39.9 Å². The number of benzene rings is 1. The summed E-state index contributed by atoms with van der Waals surface area (Å²) in [6.45, 7) is 13.0. The average Bonchev–Trinajstić information content (AvgIpc) is 4.05. The lowest BCUT2D eigenvalue weighted by Gasteiger charge is -2.30. The number of hydrogen-bond acceptors (Lipinski definition) is 10. The Morgan fingerprint density at radius 1 is 0.793 bits per heavy atom. The highest BCUT2D eigenvalue weighted by Crippen LogP contribution is 2.40. The smallest absolute Gasteiger partial charge is 0.407 e. The second-order valence-electron chi connectivity index (χ2n) is 16.1. The summed E-state index contributed by atoms with van der Waals surface area (Å²) in [4.78, 5) is 73.5. The van der Waals surface area contributed by atoms with Gasteiger partial charge in [-0.05, 0) is 78.2 Å². The zero-order valence-corrected chi connectivity index (χ0v) is 35.6. The molecular formula is C42H50N8O6S2. The molecule has 0 saturated carbocycles. The van der Waals surface area contributed by atoms with Crippen LogP contribution in [0.25, 0.3) is 30.9 Å². The Hall–Kier alpha value is -5.40. The molecule has 5 aromatic rings. The van der Waals surface area contributed by atoms with E-state index in [1.165, 1.54) is 14.2 Å². The molecular weight excluding hydrogens is 777 g/mol. The first-order valence-corrected chi connectivity index (χ1v) is 21.3. The molecule has 0 radical (unpaired) electrons. The number of hydrogen-bond donors (Lipinski definition) is 4. The number of rotatable bonds is 9. The van der Waals surface area contributed by atoms with Gasteiger partial charge in [-0.3, -0.25) is 9.59 Å². The SMILES string of the molecule is COC(=O)N[C@H](C(=O)N1C[C@@H](C)C[C@H]1c1ncc(C#Cc2cc3sc(-c4ccc5nc([C@@H]6C[C@H](C)CN6C(=O)[C@@H](NC(=O)OC)C(C)C)[nH]c5c4)cc3s2)[nH]1)C(C)C. The Balaban J connectivity index is 1.05. The number of amides is 4. The monoisotopic (exact) mass is 826 g/mol. The molecule has 58 heavy (non-hydrogen) atoms. The number of nitrogens with one attached hydrogen (secondary N) is 4. The molecule has 4 amide bonds. The number of aromatic nitrogens is 4. The van der Waals surface area contributed by atoms with Gasteiger partial charge in [0.2, 0.25) is 11.8 Å². The maximum absolute atomic E-state index is 13.8. The first-order valence-electron chi connectivity index (χ1n) is 19.6. The molecule has 0 spiro atoms. The molecule has 306 valence electrons. The molecule has 1 aromatic carbocycles. The molecule has 6 atom stereocenters. The van der Waals surface area contributed by atoms with Gasteiger partial charge in [0.1, 0.15) is 29.4 Å². The summed E-state index contributed by atoms with van der Waals surface area (Å²) in [6, 6.07) is 8.60. The quantitative estimate of drug-likeness (QED) is 0.113. The molecule has 0 aliphatic carbocycles. The molecule has 2 saturated heterocycles. The Morgan fingerprint density at radius 3 is 1.95 bits per heavy atom. The van der Waals surface area contributed by atoms with Crippen LogP contribution in [0.15, 0.2) is 36.5 Å². The van der Waals surface area contributed by atoms with Crippen LogP contribution in [0.2, 0.25) is 0 Å². The van der Waals surface area contributed by atoms with Crippen molar-refractivity contribution in [3.8, 4) is 22.3 Å². The van der Waals surface area contributed by atoms with Crippen LogP contribution in [0.5, 0.6) is 0 Å². The van der Waals surface area contributed by atoms with Gasteiger partial charge in [-0.25, -0.2) is 19.6 Å². The molecule has 2 fully saturated rings. The van der Waals surface area contributed by atoms with Gasteiger partial charge in [-0.15, -0.1) is 22.7 Å². The van der Waals surface area contributed by atoms with Gasteiger partial charge in [-0.1, -0.05) is 47.6 Å². The van der Waals surface area contributed by atoms with Gasteiger partial charge in [0.05, 0.1) is 48.4 Å². The van der Waals surface area contributed by atoms with Crippen LogP contribution >= 0.6 is 22.7 Å². The van der Waals surface area contributed by atoms with Gasteiger partial charge in [0.25, 0.3) is 0 Å². The maximum Gasteiger partial charge on any atom is 0.407 e. The van der Waals surface area contributed by atoms with Crippen LogP contribution in [0.3, 0.4) is 0 Å². The lowest BCUT2D eigenvalue weighted by atomic mass is 10.0. The van der Waals surface area contributed by atoms with Crippen molar-refractivity contribution in [3.63, 3.8) is 0 Å². The van der Waals surface area contributed by atoms with E-state index in [9.17, 15) is 19.2 Å². The van der Waals surface area contributed by atoms with Crippen molar-refractivity contribution in [1.82, 2.24) is 40.4 Å². The third kappa shape index (κ3) is 8.42. The van der Waals surface area contributed by atoms with E-state index in [4.69, 9.17) is 14.5 Å². The number of alkyl carbamates (subject to hydrolysis) is 2. The Kier molecular flexibility index (Phi) is 11.8. The van der Waals surface area contributed by atoms with Crippen LogP contribution in [0, 0.1) is 35.5 Å². The highest BCUT2D eigenvalue weighted by molar-refractivity contribution is 7.29. The second kappa shape index (κ2) is 16.8. The standard InChI is InChI=1S/C42H50N8O6S2/c1-21(2)35(47-41(53)55-7)39(51)49-19-23(5)13-30(49)37-43-18-26(44-37)10-11-27-16-33-34(57-27)17-32(58-33)25-9-12-28-29(15-25)46-38(45-28)31-14-24(6)20-50(31)40(52)36(22(3)4)48-42(54)56-8/h9,12,15-18,21-24,30-31,35-36H,13-14,19-20H2,1-8H3,(H,43,44)(H,45,46)(H,47,53)(H,48,54)/t23-,24-,30-,31-,35-,36-/m0/s1. The van der Waals surface area contributed by atoms with E-state index in [-0.39, 0.29) is 47.6 Å². The maximum atomic E-state index is 13.8. The lowest BCUT2D eigenvalue weighted by Crippen LogP contribution is -2.51. The molecule has 6 heterocycles. The number of H-pyrrole nitrogens is 2. The number of methoxy groups -OCH3 is 2. The molecule has 4 N–H and O–H groups in total. The van der Waals surface area contributed by atoms with Crippen molar-refractivity contribution in [2.24, 2.45) is 23.7 Å². The zero-order valence-electron chi connectivity index (χ0n) is 34.0.